The Morgan fingerprint density at radius 1 is 1.18 bits per heavy atom. The summed E-state index contributed by atoms with van der Waals surface area (Å²) in [5, 5.41) is 26.4. The Hall–Kier alpha value is -1.99. The van der Waals surface area contributed by atoms with Gasteiger partial charge in [0.15, 0.2) is 5.82 Å². The molecule has 4 aliphatic carbocycles. The first kappa shape index (κ1) is 22.8. The summed E-state index contributed by atoms with van der Waals surface area (Å²) >= 11 is 0. The molecule has 5 rings (SSSR count). The molecule has 4 N–H and O–H groups in total. The van der Waals surface area contributed by atoms with E-state index in [1.165, 1.54) is 12.6 Å². The van der Waals surface area contributed by atoms with E-state index < -0.39 is 5.60 Å². The number of aliphatic hydroxyl groups is 2. The molecule has 1 heterocycles. The van der Waals surface area contributed by atoms with Gasteiger partial charge in [0.2, 0.25) is 0 Å². The Balaban J connectivity index is 1.27. The van der Waals surface area contributed by atoms with Crippen molar-refractivity contribution in [3.8, 4) is 0 Å². The molecule has 7 heteroatoms. The molecular weight excluding hydrogens is 416 g/mol. The molecule has 8 atom stereocenters. The van der Waals surface area contributed by atoms with Gasteiger partial charge in [-0.25, -0.2) is 10.4 Å². The van der Waals surface area contributed by atoms with Gasteiger partial charge in [0.1, 0.15) is 0 Å². The SMILES string of the molecule is C[C@]12CC[C@H](O)C[C@H]1CC[C@@H]1[C@@H]2CC[C@]2(C)[C@@H](/C=C/C=N/NC(=O)c3ncc[nH]3)CC[C@]12O. The molecule has 0 spiro atoms. The number of carbonyl (C=O) groups is 1. The lowest BCUT2D eigenvalue weighted by Gasteiger charge is -2.63. The first-order valence-corrected chi connectivity index (χ1v) is 12.7. The van der Waals surface area contributed by atoms with Crippen LogP contribution in [0.2, 0.25) is 0 Å². The highest BCUT2D eigenvalue weighted by Crippen LogP contribution is 2.69. The smallest absolute Gasteiger partial charge is 0.307 e. The maximum Gasteiger partial charge on any atom is 0.307 e. The van der Waals surface area contributed by atoms with E-state index in [2.05, 4.69) is 40.4 Å². The second-order valence-corrected chi connectivity index (χ2v) is 11.5. The topological polar surface area (TPSA) is 111 Å². The van der Waals surface area contributed by atoms with Crippen LogP contribution in [0.1, 0.15) is 82.3 Å². The molecule has 1 amide bonds. The van der Waals surface area contributed by atoms with Gasteiger partial charge in [-0.2, -0.15) is 5.10 Å². The standard InChI is InChI=1S/C26H38N4O3/c1-24-10-8-19(31)16-18(24)5-6-21-20(24)9-11-25(2)17(7-12-26(21,25)33)4-3-13-29-30-23(32)22-27-14-15-28-22/h3-4,13-15,17-21,31,33H,5-12,16H2,1-2H3,(H,27,28)(H,30,32)/b4-3+,29-13+/t17-,18+,19-,20-,21+,24-,25+,26-/m0/s1. The van der Waals surface area contributed by atoms with E-state index in [1.54, 1.807) is 12.4 Å². The average Bonchev–Trinajstić information content (AvgIpc) is 3.41. The molecule has 0 radical (unpaired) electrons. The zero-order chi connectivity index (χ0) is 23.3. The number of amides is 1. The first-order chi connectivity index (χ1) is 15.8. The van der Waals surface area contributed by atoms with Gasteiger partial charge in [-0.1, -0.05) is 19.9 Å². The van der Waals surface area contributed by atoms with Crippen molar-refractivity contribution >= 4 is 12.1 Å². The van der Waals surface area contributed by atoms with Crippen LogP contribution < -0.4 is 5.43 Å². The molecule has 0 bridgehead atoms. The van der Waals surface area contributed by atoms with Crippen LogP contribution in [-0.2, 0) is 0 Å². The van der Waals surface area contributed by atoms with Crippen LogP contribution in [0, 0.1) is 34.5 Å². The van der Waals surface area contributed by atoms with Crippen molar-refractivity contribution in [1.82, 2.24) is 15.4 Å². The number of hydrogen-bond donors (Lipinski definition) is 4. The summed E-state index contributed by atoms with van der Waals surface area (Å²) in [6.07, 6.45) is 17.9. The number of aliphatic hydroxyl groups excluding tert-OH is 1. The molecule has 180 valence electrons. The maximum absolute atomic E-state index is 12.2. The fourth-order valence-electron chi connectivity index (χ4n) is 8.32. The van der Waals surface area contributed by atoms with Gasteiger partial charge in [-0.05, 0) is 93.0 Å². The maximum atomic E-state index is 12.2. The molecule has 1 aromatic rings. The van der Waals surface area contributed by atoms with Gasteiger partial charge >= 0.3 is 5.91 Å². The molecule has 0 aliphatic heterocycles. The van der Waals surface area contributed by atoms with Gasteiger partial charge < -0.3 is 15.2 Å². The highest BCUT2D eigenvalue weighted by atomic mass is 16.3. The van der Waals surface area contributed by atoms with E-state index >= 15 is 0 Å². The molecule has 4 aliphatic rings. The zero-order valence-corrected chi connectivity index (χ0v) is 19.8. The van der Waals surface area contributed by atoms with Crippen LogP contribution in [0.3, 0.4) is 0 Å². The number of fused-ring (bicyclic) bond motifs is 5. The summed E-state index contributed by atoms with van der Waals surface area (Å²) in [5.74, 6) is 1.67. The molecule has 7 nitrogen and oxygen atoms in total. The Morgan fingerprint density at radius 2 is 2.03 bits per heavy atom. The highest BCUT2D eigenvalue weighted by molar-refractivity contribution is 5.90. The lowest BCUT2D eigenvalue weighted by atomic mass is 9.43. The fourth-order valence-corrected chi connectivity index (χ4v) is 8.32. The fraction of sp³-hybridized carbons (Fsp3) is 0.731. The molecule has 4 fully saturated rings. The third-order valence-corrected chi connectivity index (χ3v) is 10.3. The van der Waals surface area contributed by atoms with E-state index in [9.17, 15) is 15.0 Å². The van der Waals surface area contributed by atoms with Gasteiger partial charge in [0.05, 0.1) is 11.7 Å². The summed E-state index contributed by atoms with van der Waals surface area (Å²) in [7, 11) is 0. The zero-order valence-electron chi connectivity index (χ0n) is 19.8. The minimum absolute atomic E-state index is 0.132. The molecule has 0 aromatic carbocycles. The summed E-state index contributed by atoms with van der Waals surface area (Å²) in [6.45, 7) is 4.74. The number of carbonyl (C=O) groups excluding carboxylic acids is 1. The third-order valence-electron chi connectivity index (χ3n) is 10.3. The monoisotopic (exact) mass is 454 g/mol. The molecule has 1 aromatic heterocycles. The number of aromatic nitrogens is 2. The molecular formula is C26H38N4O3. The Labute approximate surface area is 196 Å². The number of nitrogens with zero attached hydrogens (tertiary/aromatic N) is 2. The number of H-pyrrole nitrogens is 1. The molecule has 4 saturated carbocycles. The minimum atomic E-state index is -0.625. The number of aromatic amines is 1. The number of allylic oxidation sites excluding steroid dienone is 2. The van der Waals surface area contributed by atoms with Crippen molar-refractivity contribution < 1.29 is 15.0 Å². The summed E-state index contributed by atoms with van der Waals surface area (Å²) < 4.78 is 0. The first-order valence-electron chi connectivity index (χ1n) is 12.7. The number of nitrogens with one attached hydrogen (secondary N) is 2. The molecule has 33 heavy (non-hydrogen) atoms. The second kappa shape index (κ2) is 8.35. The van der Waals surface area contributed by atoms with Gasteiger partial charge in [0.25, 0.3) is 0 Å². The average molecular weight is 455 g/mol. The van der Waals surface area contributed by atoms with Crippen LogP contribution in [0.4, 0.5) is 0 Å². The van der Waals surface area contributed by atoms with Crippen LogP contribution in [0.5, 0.6) is 0 Å². The van der Waals surface area contributed by atoms with Crippen LogP contribution in [0.25, 0.3) is 0 Å². The predicted octanol–water partition coefficient (Wildman–Crippen LogP) is 3.82. The van der Waals surface area contributed by atoms with Gasteiger partial charge in [-0.3, -0.25) is 4.79 Å². The van der Waals surface area contributed by atoms with Crippen molar-refractivity contribution in [2.45, 2.75) is 83.3 Å². The Bertz CT molecular complexity index is 930. The predicted molar refractivity (Wildman–Crippen MR) is 126 cm³/mol. The largest absolute Gasteiger partial charge is 0.393 e. The molecule has 0 saturated heterocycles. The van der Waals surface area contributed by atoms with Crippen molar-refractivity contribution in [2.24, 2.45) is 39.6 Å². The number of rotatable bonds is 4. The van der Waals surface area contributed by atoms with Gasteiger partial charge in [0, 0.05) is 24.0 Å². The Kier molecular flexibility index (Phi) is 5.76. The normalized spacial score (nSPS) is 45.0. The van der Waals surface area contributed by atoms with Crippen LogP contribution >= 0.6 is 0 Å². The van der Waals surface area contributed by atoms with E-state index in [1.807, 2.05) is 6.08 Å². The van der Waals surface area contributed by atoms with E-state index in [-0.39, 0.29) is 28.7 Å². The minimum Gasteiger partial charge on any atom is -0.393 e. The van der Waals surface area contributed by atoms with Crippen LogP contribution in [-0.4, -0.2) is 44.0 Å². The highest BCUT2D eigenvalue weighted by Gasteiger charge is 2.66. The van der Waals surface area contributed by atoms with Crippen molar-refractivity contribution in [1.29, 1.82) is 0 Å². The lowest BCUT2D eigenvalue weighted by Crippen LogP contribution is -2.62. The van der Waals surface area contributed by atoms with Crippen molar-refractivity contribution in [3.05, 3.63) is 30.4 Å². The quantitative estimate of drug-likeness (QED) is 0.409. The van der Waals surface area contributed by atoms with Crippen molar-refractivity contribution in [3.63, 3.8) is 0 Å². The second-order valence-electron chi connectivity index (χ2n) is 11.5. The number of imidazole rings is 1. The third kappa shape index (κ3) is 3.59. The van der Waals surface area contributed by atoms with E-state index in [0.29, 0.717) is 23.7 Å². The number of hydrazone groups is 1. The summed E-state index contributed by atoms with van der Waals surface area (Å²) in [5.41, 5.74) is 1.97. The van der Waals surface area contributed by atoms with E-state index in [0.717, 1.165) is 51.4 Å². The Morgan fingerprint density at radius 3 is 2.82 bits per heavy atom. The number of hydrogen-bond acceptors (Lipinski definition) is 5. The van der Waals surface area contributed by atoms with Crippen molar-refractivity contribution in [2.75, 3.05) is 0 Å². The van der Waals surface area contributed by atoms with Gasteiger partial charge in [-0.15, -0.1) is 0 Å². The molecule has 0 unspecified atom stereocenters. The lowest BCUT2D eigenvalue weighted by molar-refractivity contribution is -0.207. The van der Waals surface area contributed by atoms with Crippen LogP contribution in [0.15, 0.2) is 29.6 Å². The summed E-state index contributed by atoms with van der Waals surface area (Å²) in [6, 6.07) is 0. The van der Waals surface area contributed by atoms with E-state index in [4.69, 9.17) is 0 Å². The summed E-state index contributed by atoms with van der Waals surface area (Å²) in [4.78, 5) is 18.6.